The molecule has 0 amide bonds. The van der Waals surface area contributed by atoms with Gasteiger partial charge in [0.1, 0.15) is 12.4 Å². The third-order valence-electron chi connectivity index (χ3n) is 2.58. The van der Waals surface area contributed by atoms with Crippen molar-refractivity contribution < 1.29 is 15.0 Å². The summed E-state index contributed by atoms with van der Waals surface area (Å²) in [6, 6.07) is 5.02. The second-order valence-corrected chi connectivity index (χ2v) is 3.89. The van der Waals surface area contributed by atoms with Gasteiger partial charge in [0, 0.05) is 0 Å². The molecule has 16 heavy (non-hydrogen) atoms. The van der Waals surface area contributed by atoms with Crippen LogP contribution < -0.4 is 0 Å². The zero-order valence-electron chi connectivity index (χ0n) is 9.57. The van der Waals surface area contributed by atoms with E-state index in [2.05, 4.69) is 6.92 Å². The molecule has 88 valence electrons. The molecule has 0 radical (unpaired) electrons. The molecule has 0 aliphatic heterocycles. The van der Waals surface area contributed by atoms with Crippen molar-refractivity contribution in [2.75, 3.05) is 6.61 Å². The molecule has 2 N–H and O–H groups in total. The van der Waals surface area contributed by atoms with Gasteiger partial charge >= 0.3 is 0 Å². The standard InChI is InChI=1S/C13H18O3/c1-2-3-4-5-10-6-7-11(12(15)8-10)13(16)9-14/h6-8,14-15H,2-5,9H2,1H3. The third kappa shape index (κ3) is 3.35. The molecule has 0 spiro atoms. The van der Waals surface area contributed by atoms with Crippen LogP contribution in [0.4, 0.5) is 0 Å². The van der Waals surface area contributed by atoms with E-state index in [1.54, 1.807) is 12.1 Å². The van der Waals surface area contributed by atoms with Crippen LogP contribution in [0.25, 0.3) is 0 Å². The number of carbonyl (C=O) groups excluding carboxylic acids is 1. The summed E-state index contributed by atoms with van der Waals surface area (Å²) in [7, 11) is 0. The Balaban J connectivity index is 2.71. The van der Waals surface area contributed by atoms with Gasteiger partial charge in [-0.2, -0.15) is 0 Å². The third-order valence-corrected chi connectivity index (χ3v) is 2.58. The van der Waals surface area contributed by atoms with Crippen LogP contribution in [-0.4, -0.2) is 22.6 Å². The minimum Gasteiger partial charge on any atom is -0.507 e. The fourth-order valence-electron chi connectivity index (χ4n) is 1.63. The first-order chi connectivity index (χ1) is 7.69. The van der Waals surface area contributed by atoms with Crippen molar-refractivity contribution in [1.82, 2.24) is 0 Å². The molecule has 0 heterocycles. The van der Waals surface area contributed by atoms with E-state index in [0.717, 1.165) is 31.2 Å². The van der Waals surface area contributed by atoms with Gasteiger partial charge in [-0.05, 0) is 30.5 Å². The lowest BCUT2D eigenvalue weighted by Crippen LogP contribution is -2.04. The molecule has 0 bridgehead atoms. The lowest BCUT2D eigenvalue weighted by atomic mass is 10.0. The minimum absolute atomic E-state index is 0.0342. The van der Waals surface area contributed by atoms with E-state index >= 15 is 0 Å². The summed E-state index contributed by atoms with van der Waals surface area (Å²) in [5, 5.41) is 18.3. The Labute approximate surface area is 95.7 Å². The highest BCUT2D eigenvalue weighted by Gasteiger charge is 2.09. The van der Waals surface area contributed by atoms with Gasteiger partial charge in [-0.1, -0.05) is 25.8 Å². The minimum atomic E-state index is -0.567. The lowest BCUT2D eigenvalue weighted by molar-refractivity contribution is 0.0901. The van der Waals surface area contributed by atoms with Crippen molar-refractivity contribution in [2.24, 2.45) is 0 Å². The maximum Gasteiger partial charge on any atom is 0.191 e. The van der Waals surface area contributed by atoms with Crippen LogP contribution >= 0.6 is 0 Å². The number of phenolic OH excluding ortho intramolecular Hbond substituents is 1. The summed E-state index contributed by atoms with van der Waals surface area (Å²) in [6.07, 6.45) is 4.32. The zero-order chi connectivity index (χ0) is 12.0. The van der Waals surface area contributed by atoms with Crippen molar-refractivity contribution >= 4 is 5.78 Å². The largest absolute Gasteiger partial charge is 0.507 e. The molecule has 0 aliphatic carbocycles. The summed E-state index contributed by atoms with van der Waals surface area (Å²) < 4.78 is 0. The first-order valence-corrected chi connectivity index (χ1v) is 5.65. The highest BCUT2D eigenvalue weighted by atomic mass is 16.3. The number of rotatable bonds is 6. The summed E-state index contributed by atoms with van der Waals surface area (Å²) in [5.74, 6) is -0.481. The number of aryl methyl sites for hydroxylation is 1. The highest BCUT2D eigenvalue weighted by Crippen LogP contribution is 2.20. The number of hydrogen-bond acceptors (Lipinski definition) is 3. The van der Waals surface area contributed by atoms with E-state index in [4.69, 9.17) is 5.11 Å². The van der Waals surface area contributed by atoms with Gasteiger partial charge < -0.3 is 10.2 Å². The van der Waals surface area contributed by atoms with E-state index in [0.29, 0.717) is 0 Å². The molecule has 0 unspecified atom stereocenters. The molecule has 0 aromatic heterocycles. The van der Waals surface area contributed by atoms with E-state index in [9.17, 15) is 9.90 Å². The predicted molar refractivity (Wildman–Crippen MR) is 62.8 cm³/mol. The van der Waals surface area contributed by atoms with Crippen LogP contribution in [0.2, 0.25) is 0 Å². The number of aromatic hydroxyl groups is 1. The number of hydrogen-bond donors (Lipinski definition) is 2. The quantitative estimate of drug-likeness (QED) is 0.573. The monoisotopic (exact) mass is 222 g/mol. The first-order valence-electron chi connectivity index (χ1n) is 5.65. The topological polar surface area (TPSA) is 57.5 Å². The number of carbonyl (C=O) groups is 1. The summed E-state index contributed by atoms with van der Waals surface area (Å²) >= 11 is 0. The smallest absolute Gasteiger partial charge is 0.191 e. The first kappa shape index (κ1) is 12.7. The molecular weight excluding hydrogens is 204 g/mol. The molecule has 0 saturated carbocycles. The number of unbranched alkanes of at least 4 members (excludes halogenated alkanes) is 2. The molecule has 3 heteroatoms. The van der Waals surface area contributed by atoms with Gasteiger partial charge in [0.2, 0.25) is 0 Å². The SMILES string of the molecule is CCCCCc1ccc(C(=O)CO)c(O)c1. The molecule has 0 fully saturated rings. The van der Waals surface area contributed by atoms with E-state index in [-0.39, 0.29) is 11.3 Å². The van der Waals surface area contributed by atoms with Crippen LogP contribution in [0.3, 0.4) is 0 Å². The van der Waals surface area contributed by atoms with Crippen molar-refractivity contribution in [2.45, 2.75) is 32.6 Å². The number of aliphatic hydroxyl groups excluding tert-OH is 1. The number of benzene rings is 1. The average Bonchev–Trinajstić information content (AvgIpc) is 2.29. The number of aliphatic hydroxyl groups is 1. The molecule has 0 saturated heterocycles. The van der Waals surface area contributed by atoms with Crippen LogP contribution in [0, 0.1) is 0 Å². The van der Waals surface area contributed by atoms with E-state index in [1.165, 1.54) is 0 Å². The average molecular weight is 222 g/mol. The number of phenols is 1. The fraction of sp³-hybridized carbons (Fsp3) is 0.462. The summed E-state index contributed by atoms with van der Waals surface area (Å²) in [4.78, 5) is 11.2. The Hall–Kier alpha value is -1.35. The maximum absolute atomic E-state index is 11.2. The second-order valence-electron chi connectivity index (χ2n) is 3.89. The summed E-state index contributed by atoms with van der Waals surface area (Å²) in [5.41, 5.74) is 1.22. The van der Waals surface area contributed by atoms with Crippen LogP contribution in [0.15, 0.2) is 18.2 Å². The molecule has 0 aliphatic rings. The van der Waals surface area contributed by atoms with Crippen LogP contribution in [-0.2, 0) is 6.42 Å². The van der Waals surface area contributed by atoms with Crippen molar-refractivity contribution in [3.63, 3.8) is 0 Å². The zero-order valence-corrected chi connectivity index (χ0v) is 9.57. The van der Waals surface area contributed by atoms with Crippen LogP contribution in [0.5, 0.6) is 5.75 Å². The van der Waals surface area contributed by atoms with Crippen molar-refractivity contribution in [3.05, 3.63) is 29.3 Å². The predicted octanol–water partition coefficient (Wildman–Crippen LogP) is 2.30. The lowest BCUT2D eigenvalue weighted by Gasteiger charge is -2.05. The molecule has 3 nitrogen and oxygen atoms in total. The Morgan fingerprint density at radius 3 is 2.62 bits per heavy atom. The molecule has 1 rings (SSSR count). The van der Waals surface area contributed by atoms with Gasteiger partial charge in [0.05, 0.1) is 5.56 Å². The number of Topliss-reactive ketones (excluding diaryl/α,β-unsaturated/α-hetero) is 1. The van der Waals surface area contributed by atoms with Crippen LogP contribution in [0.1, 0.15) is 42.1 Å². The maximum atomic E-state index is 11.2. The van der Waals surface area contributed by atoms with Gasteiger partial charge in [-0.25, -0.2) is 0 Å². The van der Waals surface area contributed by atoms with Crippen molar-refractivity contribution in [3.8, 4) is 5.75 Å². The summed E-state index contributed by atoms with van der Waals surface area (Å²) in [6.45, 7) is 1.57. The normalized spacial score (nSPS) is 10.4. The Bertz CT molecular complexity index is 358. The van der Waals surface area contributed by atoms with Gasteiger partial charge in [0.25, 0.3) is 0 Å². The Morgan fingerprint density at radius 1 is 1.31 bits per heavy atom. The Kier molecular flexibility index (Phi) is 4.99. The fourth-order valence-corrected chi connectivity index (χ4v) is 1.63. The molecule has 1 aromatic rings. The molecular formula is C13H18O3. The van der Waals surface area contributed by atoms with E-state index < -0.39 is 12.4 Å². The number of ketones is 1. The molecule has 0 atom stereocenters. The second kappa shape index (κ2) is 6.28. The molecule has 1 aromatic carbocycles. The van der Waals surface area contributed by atoms with Gasteiger partial charge in [-0.15, -0.1) is 0 Å². The Morgan fingerprint density at radius 2 is 2.06 bits per heavy atom. The van der Waals surface area contributed by atoms with E-state index in [1.807, 2.05) is 6.07 Å². The van der Waals surface area contributed by atoms with Gasteiger partial charge in [-0.3, -0.25) is 4.79 Å². The highest BCUT2D eigenvalue weighted by molar-refractivity contribution is 5.99. The van der Waals surface area contributed by atoms with Crippen molar-refractivity contribution in [1.29, 1.82) is 0 Å². The van der Waals surface area contributed by atoms with Gasteiger partial charge in [0.15, 0.2) is 5.78 Å².